The Morgan fingerprint density at radius 1 is 0.972 bits per heavy atom. The number of pyridine rings is 1. The van der Waals surface area contributed by atoms with Crippen LogP contribution in [0.3, 0.4) is 0 Å². The van der Waals surface area contributed by atoms with E-state index in [4.69, 9.17) is 5.10 Å². The van der Waals surface area contributed by atoms with E-state index in [2.05, 4.69) is 45.7 Å². The van der Waals surface area contributed by atoms with E-state index in [0.717, 1.165) is 67.0 Å². The van der Waals surface area contributed by atoms with Gasteiger partial charge in [-0.3, -0.25) is 14.7 Å². The largest absolute Gasteiger partial charge is 0.349 e. The molecule has 0 saturated heterocycles. The van der Waals surface area contributed by atoms with E-state index >= 15 is 0 Å². The fourth-order valence-corrected chi connectivity index (χ4v) is 5.79. The van der Waals surface area contributed by atoms with E-state index in [9.17, 15) is 4.79 Å². The van der Waals surface area contributed by atoms with E-state index in [-0.39, 0.29) is 11.9 Å². The highest BCUT2D eigenvalue weighted by Gasteiger charge is 2.25. The fraction of sp³-hybridized carbons (Fsp3) is 0.367. The third-order valence-electron chi connectivity index (χ3n) is 7.89. The number of nitrogens with one attached hydrogen (secondary N) is 1. The van der Waals surface area contributed by atoms with Crippen LogP contribution in [0, 0.1) is 5.92 Å². The van der Waals surface area contributed by atoms with Crippen LogP contribution in [-0.4, -0.2) is 44.7 Å². The van der Waals surface area contributed by atoms with E-state index in [1.165, 1.54) is 30.5 Å². The summed E-state index contributed by atoms with van der Waals surface area (Å²) in [5.41, 5.74) is 5.32. The summed E-state index contributed by atoms with van der Waals surface area (Å²) in [5, 5.41) is 9.09. The third-order valence-corrected chi connectivity index (χ3v) is 7.89. The van der Waals surface area contributed by atoms with Crippen LogP contribution < -0.4 is 5.32 Å². The lowest BCUT2D eigenvalue weighted by Gasteiger charge is -2.32. The Labute approximate surface area is 212 Å². The highest BCUT2D eigenvalue weighted by Crippen LogP contribution is 2.29. The number of hydrogen-bond acceptors (Lipinski definition) is 4. The number of benzene rings is 2. The molecule has 1 fully saturated rings. The molecule has 2 aromatic heterocycles. The van der Waals surface area contributed by atoms with Crippen molar-refractivity contribution in [3.05, 3.63) is 89.9 Å². The zero-order valence-corrected chi connectivity index (χ0v) is 20.6. The molecule has 1 saturated carbocycles. The van der Waals surface area contributed by atoms with Gasteiger partial charge in [0.2, 0.25) is 0 Å². The monoisotopic (exact) mass is 479 g/mol. The van der Waals surface area contributed by atoms with Gasteiger partial charge >= 0.3 is 0 Å². The average Bonchev–Trinajstić information content (AvgIpc) is 3.36. The molecule has 0 spiro atoms. The molecular weight excluding hydrogens is 446 g/mol. The first-order valence-electron chi connectivity index (χ1n) is 13.2. The minimum atomic E-state index is 0.0242. The quantitative estimate of drug-likeness (QED) is 0.415. The zero-order chi connectivity index (χ0) is 24.3. The molecule has 4 aromatic rings. The standard InChI is InChI=1S/C30H33N5O/c36-30(27-8-4-10-28-26(27)9-5-17-31-28)32-24-13-11-22(12-14-24)15-18-34-19-16-23-20-35(33-29(23)21-34)25-6-2-1-3-7-25/h1-10,17,20,22,24H,11-16,18-19,21H2,(H,32,36). The maximum atomic E-state index is 13.0. The van der Waals surface area contributed by atoms with Crippen molar-refractivity contribution in [1.29, 1.82) is 0 Å². The lowest BCUT2D eigenvalue weighted by Crippen LogP contribution is -2.38. The maximum Gasteiger partial charge on any atom is 0.252 e. The molecule has 6 rings (SSSR count). The molecule has 1 aliphatic heterocycles. The summed E-state index contributed by atoms with van der Waals surface area (Å²) < 4.78 is 2.03. The van der Waals surface area contributed by atoms with Gasteiger partial charge in [0.1, 0.15) is 0 Å². The van der Waals surface area contributed by atoms with E-state index in [1.807, 2.05) is 41.1 Å². The molecule has 2 aliphatic rings. The van der Waals surface area contributed by atoms with Crippen LogP contribution in [0.2, 0.25) is 0 Å². The minimum Gasteiger partial charge on any atom is -0.349 e. The van der Waals surface area contributed by atoms with Gasteiger partial charge in [0, 0.05) is 42.5 Å². The van der Waals surface area contributed by atoms with Gasteiger partial charge in [0.05, 0.1) is 16.9 Å². The van der Waals surface area contributed by atoms with E-state index in [1.54, 1.807) is 6.20 Å². The molecule has 2 aromatic carbocycles. The van der Waals surface area contributed by atoms with Crippen LogP contribution in [0.1, 0.15) is 53.7 Å². The highest BCUT2D eigenvalue weighted by molar-refractivity contribution is 6.06. The molecule has 0 bridgehead atoms. The van der Waals surface area contributed by atoms with Gasteiger partial charge in [-0.25, -0.2) is 4.68 Å². The summed E-state index contributed by atoms with van der Waals surface area (Å²) >= 11 is 0. The molecule has 3 heterocycles. The normalized spacial score (nSPS) is 20.2. The Bertz CT molecular complexity index is 1330. The van der Waals surface area contributed by atoms with Gasteiger partial charge in [0.25, 0.3) is 5.91 Å². The molecule has 0 unspecified atom stereocenters. The lowest BCUT2D eigenvalue weighted by atomic mass is 9.84. The van der Waals surface area contributed by atoms with Gasteiger partial charge in [-0.2, -0.15) is 5.10 Å². The Morgan fingerprint density at radius 2 is 1.83 bits per heavy atom. The smallest absolute Gasteiger partial charge is 0.252 e. The van der Waals surface area contributed by atoms with Crippen molar-refractivity contribution in [3.63, 3.8) is 0 Å². The number of rotatable bonds is 6. The van der Waals surface area contributed by atoms with Crippen LogP contribution in [0.5, 0.6) is 0 Å². The molecule has 36 heavy (non-hydrogen) atoms. The summed E-state index contributed by atoms with van der Waals surface area (Å²) in [5.74, 6) is 0.763. The molecule has 0 atom stereocenters. The molecule has 6 nitrogen and oxygen atoms in total. The average molecular weight is 480 g/mol. The van der Waals surface area contributed by atoms with Crippen molar-refractivity contribution >= 4 is 16.8 Å². The van der Waals surface area contributed by atoms with Gasteiger partial charge in [0.15, 0.2) is 0 Å². The predicted octanol–water partition coefficient (Wildman–Crippen LogP) is 5.16. The Morgan fingerprint density at radius 3 is 2.69 bits per heavy atom. The van der Waals surface area contributed by atoms with Crippen LogP contribution in [-0.2, 0) is 13.0 Å². The molecule has 184 valence electrons. The molecular formula is C30H33N5O. The number of aromatic nitrogens is 3. The minimum absolute atomic E-state index is 0.0242. The number of amides is 1. The molecule has 0 radical (unpaired) electrons. The summed E-state index contributed by atoms with van der Waals surface area (Å²) in [6, 6.07) is 20.3. The second-order valence-corrected chi connectivity index (χ2v) is 10.3. The van der Waals surface area contributed by atoms with Crippen LogP contribution in [0.25, 0.3) is 16.6 Å². The van der Waals surface area contributed by atoms with Crippen LogP contribution in [0.4, 0.5) is 0 Å². The van der Waals surface area contributed by atoms with Crippen molar-refractivity contribution < 1.29 is 4.79 Å². The number of para-hydroxylation sites is 1. The molecule has 1 amide bonds. The topological polar surface area (TPSA) is 63.1 Å². The van der Waals surface area contributed by atoms with Gasteiger partial charge < -0.3 is 5.32 Å². The zero-order valence-electron chi connectivity index (χ0n) is 20.6. The van der Waals surface area contributed by atoms with Crippen LogP contribution in [0.15, 0.2) is 73.1 Å². The van der Waals surface area contributed by atoms with Crippen molar-refractivity contribution in [2.45, 2.75) is 51.1 Å². The van der Waals surface area contributed by atoms with Gasteiger partial charge in [-0.15, -0.1) is 0 Å². The van der Waals surface area contributed by atoms with Crippen molar-refractivity contribution in [2.75, 3.05) is 13.1 Å². The van der Waals surface area contributed by atoms with Crippen molar-refractivity contribution in [1.82, 2.24) is 25.0 Å². The van der Waals surface area contributed by atoms with Crippen molar-refractivity contribution in [2.24, 2.45) is 5.92 Å². The molecule has 1 N–H and O–H groups in total. The summed E-state index contributed by atoms with van der Waals surface area (Å²) in [4.78, 5) is 19.9. The Hall–Kier alpha value is -3.51. The highest BCUT2D eigenvalue weighted by atomic mass is 16.1. The SMILES string of the molecule is O=C(NC1CCC(CCN2CCc3cn(-c4ccccc4)nc3C2)CC1)c1cccc2ncccc12. The van der Waals surface area contributed by atoms with E-state index < -0.39 is 0 Å². The second-order valence-electron chi connectivity index (χ2n) is 10.3. The summed E-state index contributed by atoms with van der Waals surface area (Å²) in [6.45, 7) is 3.18. The molecule has 6 heteroatoms. The Balaban J connectivity index is 0.980. The fourth-order valence-electron chi connectivity index (χ4n) is 5.79. The van der Waals surface area contributed by atoms with Crippen LogP contribution >= 0.6 is 0 Å². The first-order valence-corrected chi connectivity index (χ1v) is 13.2. The second kappa shape index (κ2) is 10.2. The van der Waals surface area contributed by atoms with Crippen molar-refractivity contribution in [3.8, 4) is 5.69 Å². The summed E-state index contributed by atoms with van der Waals surface area (Å²) in [7, 11) is 0. The Kier molecular flexibility index (Phi) is 6.51. The predicted molar refractivity (Wildman–Crippen MR) is 142 cm³/mol. The number of carbonyl (C=O) groups excluding carboxylic acids is 1. The number of nitrogens with zero attached hydrogens (tertiary/aromatic N) is 4. The van der Waals surface area contributed by atoms with Gasteiger partial charge in [-0.1, -0.05) is 30.3 Å². The summed E-state index contributed by atoms with van der Waals surface area (Å²) in [6.07, 6.45) is 10.8. The maximum absolute atomic E-state index is 13.0. The first kappa shape index (κ1) is 22.9. The molecule has 1 aliphatic carbocycles. The van der Waals surface area contributed by atoms with Gasteiger partial charge in [-0.05, 0) is 86.9 Å². The lowest BCUT2D eigenvalue weighted by molar-refractivity contribution is 0.0921. The number of hydrogen-bond donors (Lipinski definition) is 1. The third kappa shape index (κ3) is 4.91. The first-order chi connectivity index (χ1) is 17.7. The number of carbonyl (C=O) groups is 1. The van der Waals surface area contributed by atoms with E-state index in [0.29, 0.717) is 0 Å². The number of fused-ring (bicyclic) bond motifs is 2.